The number of carbonyl (C=O) groups is 1. The number of tetrazole rings is 1. The van der Waals surface area contributed by atoms with Crippen molar-refractivity contribution in [1.29, 1.82) is 0 Å². The van der Waals surface area contributed by atoms with Crippen molar-refractivity contribution in [2.24, 2.45) is 0 Å². The molecule has 1 fully saturated rings. The molecule has 0 spiro atoms. The minimum absolute atomic E-state index is 0.0324. The third-order valence-electron chi connectivity index (χ3n) is 4.87. The van der Waals surface area contributed by atoms with Crippen LogP contribution in [0.4, 0.5) is 0 Å². The van der Waals surface area contributed by atoms with Crippen LogP contribution in [0.2, 0.25) is 0 Å². The van der Waals surface area contributed by atoms with Crippen molar-refractivity contribution in [3.63, 3.8) is 0 Å². The van der Waals surface area contributed by atoms with Crippen molar-refractivity contribution in [2.75, 3.05) is 45.7 Å². The first kappa shape index (κ1) is 20.6. The van der Waals surface area contributed by atoms with E-state index < -0.39 is 0 Å². The van der Waals surface area contributed by atoms with Gasteiger partial charge in [-0.25, -0.2) is 0 Å². The number of quaternary nitrogens is 1. The van der Waals surface area contributed by atoms with E-state index in [9.17, 15) is 4.79 Å². The molecule has 0 atom stereocenters. The molecule has 1 saturated heterocycles. The first-order chi connectivity index (χ1) is 13.5. The summed E-state index contributed by atoms with van der Waals surface area (Å²) in [5, 5.41) is 15.4. The van der Waals surface area contributed by atoms with Crippen molar-refractivity contribution in [1.82, 2.24) is 25.5 Å². The molecule has 0 bridgehead atoms. The predicted molar refractivity (Wildman–Crippen MR) is 105 cm³/mol. The molecule has 1 aliphatic heterocycles. The lowest BCUT2D eigenvalue weighted by Gasteiger charge is -2.37. The van der Waals surface area contributed by atoms with E-state index in [1.807, 2.05) is 24.3 Å². The number of thioether (sulfide) groups is 1. The second-order valence-corrected chi connectivity index (χ2v) is 8.18. The summed E-state index contributed by atoms with van der Waals surface area (Å²) in [5.74, 6) is 0.982. The number of morpholine rings is 1. The van der Waals surface area contributed by atoms with E-state index in [4.69, 9.17) is 9.47 Å². The van der Waals surface area contributed by atoms with Crippen molar-refractivity contribution >= 4 is 17.7 Å². The maximum atomic E-state index is 12.3. The van der Waals surface area contributed by atoms with Gasteiger partial charge in [-0.2, -0.15) is 4.68 Å². The Bertz CT molecular complexity index is 774. The number of benzene rings is 1. The van der Waals surface area contributed by atoms with Crippen molar-refractivity contribution in [3.05, 3.63) is 24.3 Å². The van der Waals surface area contributed by atoms with Gasteiger partial charge in [0.2, 0.25) is 11.1 Å². The van der Waals surface area contributed by atoms with Gasteiger partial charge in [-0.15, -0.1) is 5.10 Å². The maximum absolute atomic E-state index is 12.3. The fourth-order valence-electron chi connectivity index (χ4n) is 3.07. The number of hydrogen-bond acceptors (Lipinski definition) is 7. The molecular weight excluding hydrogens is 380 g/mol. The zero-order valence-electron chi connectivity index (χ0n) is 16.5. The van der Waals surface area contributed by atoms with Gasteiger partial charge < -0.3 is 19.7 Å². The first-order valence-electron chi connectivity index (χ1n) is 9.25. The molecule has 0 unspecified atom stereocenters. The van der Waals surface area contributed by atoms with Gasteiger partial charge in [0.1, 0.15) is 24.4 Å². The van der Waals surface area contributed by atoms with Gasteiger partial charge in [-0.3, -0.25) is 4.79 Å². The molecule has 9 nitrogen and oxygen atoms in total. The third-order valence-corrected chi connectivity index (χ3v) is 5.79. The number of rotatable bonds is 8. The monoisotopic (exact) mass is 407 g/mol. The fourth-order valence-corrected chi connectivity index (χ4v) is 3.80. The van der Waals surface area contributed by atoms with Crippen LogP contribution in [-0.2, 0) is 9.53 Å². The molecule has 2 heterocycles. The summed E-state index contributed by atoms with van der Waals surface area (Å²) in [4.78, 5) is 13.8. The van der Waals surface area contributed by atoms with Crippen LogP contribution in [0.5, 0.6) is 5.75 Å². The average molecular weight is 408 g/mol. The van der Waals surface area contributed by atoms with E-state index in [-0.39, 0.29) is 17.2 Å². The highest BCUT2D eigenvalue weighted by molar-refractivity contribution is 7.99. The van der Waals surface area contributed by atoms with Crippen molar-refractivity contribution in [2.45, 2.75) is 24.5 Å². The van der Waals surface area contributed by atoms with Gasteiger partial charge >= 0.3 is 0 Å². The molecule has 28 heavy (non-hydrogen) atoms. The van der Waals surface area contributed by atoms with Crippen LogP contribution in [-0.4, -0.2) is 77.4 Å². The largest absolute Gasteiger partial charge is 0.497 e. The number of ether oxygens (including phenoxy) is 2. The predicted octanol–water partition coefficient (Wildman–Crippen LogP) is -0.427. The molecule has 0 radical (unpaired) electrons. The topological polar surface area (TPSA) is 95.6 Å². The van der Waals surface area contributed by atoms with Gasteiger partial charge in [-0.1, -0.05) is 11.8 Å². The molecular formula is C18H27N6O3S+. The number of aromatic nitrogens is 4. The highest BCUT2D eigenvalue weighted by atomic mass is 32.2. The normalized spacial score (nSPS) is 15.4. The molecule has 0 saturated carbocycles. The van der Waals surface area contributed by atoms with E-state index >= 15 is 0 Å². The number of amides is 1. The highest BCUT2D eigenvalue weighted by Gasteiger charge is 2.32. The summed E-state index contributed by atoms with van der Waals surface area (Å²) in [7, 11) is 1.62. The van der Waals surface area contributed by atoms with Crippen LogP contribution in [0, 0.1) is 0 Å². The quantitative estimate of drug-likeness (QED) is 0.574. The zero-order valence-corrected chi connectivity index (χ0v) is 17.3. The second kappa shape index (κ2) is 9.35. The number of carbonyl (C=O) groups excluding carboxylic acids is 1. The lowest BCUT2D eigenvalue weighted by molar-refractivity contribution is -0.954. The summed E-state index contributed by atoms with van der Waals surface area (Å²) in [6.07, 6.45) is 0. The molecule has 1 amide bonds. The summed E-state index contributed by atoms with van der Waals surface area (Å²) < 4.78 is 12.2. The molecule has 1 aromatic heterocycles. The lowest BCUT2D eigenvalue weighted by atomic mass is 10.0. The molecule has 152 valence electrons. The fraction of sp³-hybridized carbons (Fsp3) is 0.556. The maximum Gasteiger partial charge on any atom is 0.230 e. The minimum atomic E-state index is -0.0330. The molecule has 2 N–H and O–H groups in total. The van der Waals surface area contributed by atoms with E-state index in [0.29, 0.717) is 11.7 Å². The highest BCUT2D eigenvalue weighted by Crippen LogP contribution is 2.20. The number of methoxy groups -OCH3 is 1. The minimum Gasteiger partial charge on any atom is -0.497 e. The SMILES string of the molecule is COc1ccc(-n2nnnc2SCC(=O)NCC(C)(C)[NH+]2CCOCC2)cc1. The Hall–Kier alpha value is -2.17. The molecule has 2 aromatic rings. The first-order valence-corrected chi connectivity index (χ1v) is 10.2. The van der Waals surface area contributed by atoms with Crippen LogP contribution in [0.3, 0.4) is 0 Å². The number of nitrogens with one attached hydrogen (secondary N) is 2. The Morgan fingerprint density at radius 1 is 1.32 bits per heavy atom. The van der Waals surface area contributed by atoms with E-state index in [0.717, 1.165) is 37.7 Å². The van der Waals surface area contributed by atoms with Crippen LogP contribution in [0.1, 0.15) is 13.8 Å². The van der Waals surface area contributed by atoms with E-state index in [1.54, 1.807) is 11.8 Å². The van der Waals surface area contributed by atoms with Crippen LogP contribution in [0.25, 0.3) is 5.69 Å². The Morgan fingerprint density at radius 3 is 2.71 bits per heavy atom. The molecule has 3 rings (SSSR count). The van der Waals surface area contributed by atoms with Crippen molar-refractivity contribution < 1.29 is 19.2 Å². The summed E-state index contributed by atoms with van der Waals surface area (Å²) in [5.41, 5.74) is 0.778. The Morgan fingerprint density at radius 2 is 2.04 bits per heavy atom. The van der Waals surface area contributed by atoms with Crippen molar-refractivity contribution in [3.8, 4) is 11.4 Å². The number of hydrogen-bond donors (Lipinski definition) is 2. The summed E-state index contributed by atoms with van der Waals surface area (Å²) in [6.45, 7) is 8.44. The molecule has 1 aliphatic rings. The van der Waals surface area contributed by atoms with Gasteiger partial charge in [0, 0.05) is 0 Å². The standard InChI is InChI=1S/C18H26N6O3S/c1-18(2,23-8-10-27-11-9-23)13-19-16(25)12-28-17-20-21-22-24(17)14-4-6-15(26-3)7-5-14/h4-7H,8-13H2,1-3H3,(H,19,25)/p+1. The van der Waals surface area contributed by atoms with Gasteiger partial charge in [0.25, 0.3) is 0 Å². The average Bonchev–Trinajstić information content (AvgIpc) is 3.20. The summed E-state index contributed by atoms with van der Waals surface area (Å²) in [6, 6.07) is 7.42. The van der Waals surface area contributed by atoms with Crippen LogP contribution < -0.4 is 15.0 Å². The Kier molecular flexibility index (Phi) is 6.87. The smallest absolute Gasteiger partial charge is 0.230 e. The molecule has 1 aromatic carbocycles. The molecule has 0 aliphatic carbocycles. The summed E-state index contributed by atoms with van der Waals surface area (Å²) >= 11 is 1.31. The lowest BCUT2D eigenvalue weighted by Crippen LogP contribution is -3.22. The number of nitrogens with zero attached hydrogens (tertiary/aromatic N) is 4. The van der Waals surface area contributed by atoms with Gasteiger partial charge in [0.05, 0.1) is 38.3 Å². The van der Waals surface area contributed by atoms with Gasteiger partial charge in [-0.05, 0) is 48.5 Å². The van der Waals surface area contributed by atoms with Gasteiger partial charge in [0.15, 0.2) is 0 Å². The van der Waals surface area contributed by atoms with E-state index in [2.05, 4.69) is 34.7 Å². The zero-order chi connectivity index (χ0) is 20.0. The van der Waals surface area contributed by atoms with E-state index in [1.165, 1.54) is 16.7 Å². The third kappa shape index (κ3) is 5.21. The van der Waals surface area contributed by atoms with Crippen LogP contribution in [0.15, 0.2) is 29.4 Å². The molecule has 10 heteroatoms. The Labute approximate surface area is 168 Å². The Balaban J connectivity index is 1.51. The second-order valence-electron chi connectivity index (χ2n) is 7.24. The van der Waals surface area contributed by atoms with Crippen LogP contribution >= 0.6 is 11.8 Å².